The van der Waals surface area contributed by atoms with Crippen LogP contribution in [-0.4, -0.2) is 55.7 Å². The third-order valence-corrected chi connectivity index (χ3v) is 11.9. The van der Waals surface area contributed by atoms with E-state index < -0.39 is 22.4 Å². The van der Waals surface area contributed by atoms with Gasteiger partial charge in [-0.2, -0.15) is 4.68 Å². The lowest BCUT2D eigenvalue weighted by Crippen LogP contribution is -2.38. The Balaban J connectivity index is 1.07. The summed E-state index contributed by atoms with van der Waals surface area (Å²) in [6, 6.07) is 40.7. The van der Waals surface area contributed by atoms with Crippen molar-refractivity contribution in [3.05, 3.63) is 167 Å². The molecule has 3 heterocycles. The fourth-order valence-corrected chi connectivity index (χ4v) is 8.83. The van der Waals surface area contributed by atoms with Crippen LogP contribution in [0.15, 0.2) is 150 Å². The first-order valence-corrected chi connectivity index (χ1v) is 20.0. The molecule has 2 aromatic heterocycles. The standard InChI is InChI=1S/C41H36N6O6S2/c48-25-28-13-15-31(16-14-28)39-37(29-6-2-1-3-7-29)35(26-54-41-44-45-46-47(41)33-19-21-34(49)22-20-33)52-40(53-39)32-17-11-27(12-18-32)24-43-55(50,51)36-10-4-8-30-9-5-23-42-38(30)36/h1-23,35,37,39-40,43,48-49H,24-26H2/t35-,37-,39+,40?/m1/s1. The number of tetrazole rings is 1. The van der Waals surface area contributed by atoms with Gasteiger partial charge in [0, 0.05) is 35.4 Å². The molecule has 0 amide bonds. The molecule has 14 heteroatoms. The number of ether oxygens (including phenoxy) is 2. The Hall–Kier alpha value is -5.48. The average Bonchev–Trinajstić information content (AvgIpc) is 3.71. The number of sulfonamides is 1. The molecule has 1 aliphatic heterocycles. The Kier molecular flexibility index (Phi) is 10.7. The number of thioether (sulfide) groups is 1. The summed E-state index contributed by atoms with van der Waals surface area (Å²) in [6.45, 7) is -0.000847. The minimum atomic E-state index is -3.85. The summed E-state index contributed by atoms with van der Waals surface area (Å²) in [5.74, 6) is 0.371. The van der Waals surface area contributed by atoms with Crippen molar-refractivity contribution in [2.45, 2.75) is 47.6 Å². The predicted molar refractivity (Wildman–Crippen MR) is 207 cm³/mol. The van der Waals surface area contributed by atoms with E-state index in [0.29, 0.717) is 22.1 Å². The molecule has 8 rings (SSSR count). The molecular formula is C41H36N6O6S2. The molecule has 0 saturated carbocycles. The lowest BCUT2D eigenvalue weighted by atomic mass is 9.84. The van der Waals surface area contributed by atoms with E-state index >= 15 is 0 Å². The zero-order valence-electron chi connectivity index (χ0n) is 29.3. The number of para-hydroxylation sites is 1. The highest BCUT2D eigenvalue weighted by Crippen LogP contribution is 2.48. The molecule has 1 saturated heterocycles. The number of aliphatic hydroxyl groups excluding tert-OH is 1. The van der Waals surface area contributed by atoms with Crippen LogP contribution >= 0.6 is 11.8 Å². The first kappa shape index (κ1) is 36.5. The van der Waals surface area contributed by atoms with E-state index in [-0.39, 0.29) is 35.8 Å². The highest BCUT2D eigenvalue weighted by atomic mass is 32.2. The molecule has 0 bridgehead atoms. The first-order chi connectivity index (χ1) is 26.9. The Morgan fingerprint density at radius 3 is 2.25 bits per heavy atom. The van der Waals surface area contributed by atoms with Crippen LogP contribution in [0.5, 0.6) is 5.75 Å². The molecular weight excluding hydrogens is 737 g/mol. The van der Waals surface area contributed by atoms with Gasteiger partial charge in [0.05, 0.1) is 30.0 Å². The second kappa shape index (κ2) is 16.1. The van der Waals surface area contributed by atoms with Gasteiger partial charge >= 0.3 is 0 Å². The number of aromatic nitrogens is 5. The van der Waals surface area contributed by atoms with Crippen molar-refractivity contribution in [3.63, 3.8) is 0 Å². The molecule has 4 atom stereocenters. The first-order valence-electron chi connectivity index (χ1n) is 17.5. The predicted octanol–water partition coefficient (Wildman–Crippen LogP) is 6.62. The smallest absolute Gasteiger partial charge is 0.243 e. The summed E-state index contributed by atoms with van der Waals surface area (Å²) in [5.41, 5.74) is 5.38. The van der Waals surface area contributed by atoms with Gasteiger partial charge in [-0.3, -0.25) is 4.98 Å². The maximum Gasteiger partial charge on any atom is 0.243 e. The minimum Gasteiger partial charge on any atom is -0.508 e. The maximum atomic E-state index is 13.4. The van der Waals surface area contributed by atoms with E-state index in [4.69, 9.17) is 9.47 Å². The van der Waals surface area contributed by atoms with Crippen LogP contribution in [0.4, 0.5) is 0 Å². The lowest BCUT2D eigenvalue weighted by molar-refractivity contribution is -0.255. The van der Waals surface area contributed by atoms with Crippen molar-refractivity contribution in [3.8, 4) is 11.4 Å². The van der Waals surface area contributed by atoms with Crippen molar-refractivity contribution in [2.24, 2.45) is 0 Å². The van der Waals surface area contributed by atoms with E-state index in [9.17, 15) is 18.6 Å². The molecule has 0 spiro atoms. The molecule has 5 aromatic carbocycles. The van der Waals surface area contributed by atoms with Crippen LogP contribution in [0.1, 0.15) is 46.1 Å². The van der Waals surface area contributed by atoms with Gasteiger partial charge < -0.3 is 19.7 Å². The summed E-state index contributed by atoms with van der Waals surface area (Å²) in [4.78, 5) is 4.43. The third-order valence-electron chi connectivity index (χ3n) is 9.49. The quantitative estimate of drug-likeness (QED) is 0.115. The molecule has 0 aliphatic carbocycles. The monoisotopic (exact) mass is 772 g/mol. The van der Waals surface area contributed by atoms with E-state index in [1.165, 1.54) is 11.8 Å². The molecule has 12 nitrogen and oxygen atoms in total. The number of phenolic OH excluding ortho intramolecular Hbond substituents is 1. The molecule has 3 N–H and O–H groups in total. The van der Waals surface area contributed by atoms with Gasteiger partial charge in [-0.15, -0.1) is 5.10 Å². The van der Waals surface area contributed by atoms with E-state index in [1.54, 1.807) is 53.3 Å². The van der Waals surface area contributed by atoms with Crippen molar-refractivity contribution in [1.82, 2.24) is 29.9 Å². The van der Waals surface area contributed by atoms with Gasteiger partial charge in [-0.05, 0) is 69.1 Å². The zero-order chi connectivity index (χ0) is 37.8. The maximum absolute atomic E-state index is 13.4. The summed E-state index contributed by atoms with van der Waals surface area (Å²) in [6.07, 6.45) is -0.0160. The topological polar surface area (TPSA) is 162 Å². The molecule has 0 radical (unpaired) electrons. The van der Waals surface area contributed by atoms with E-state index in [0.717, 1.165) is 33.2 Å². The average molecular weight is 773 g/mol. The van der Waals surface area contributed by atoms with E-state index in [1.807, 2.05) is 78.9 Å². The van der Waals surface area contributed by atoms with Gasteiger partial charge in [-0.25, -0.2) is 13.1 Å². The van der Waals surface area contributed by atoms with E-state index in [2.05, 4.69) is 37.4 Å². The summed E-state index contributed by atoms with van der Waals surface area (Å²) < 4.78 is 44.7. The number of benzene rings is 5. The number of nitrogens with one attached hydrogen (secondary N) is 1. The van der Waals surface area contributed by atoms with Crippen molar-refractivity contribution in [1.29, 1.82) is 0 Å². The number of phenols is 1. The second-order valence-electron chi connectivity index (χ2n) is 13.0. The Morgan fingerprint density at radius 1 is 0.764 bits per heavy atom. The van der Waals surface area contributed by atoms with Gasteiger partial charge in [-0.1, -0.05) is 109 Å². The zero-order valence-corrected chi connectivity index (χ0v) is 30.9. The number of fused-ring (bicyclic) bond motifs is 1. The highest BCUT2D eigenvalue weighted by Gasteiger charge is 2.42. The van der Waals surface area contributed by atoms with Gasteiger partial charge in [0.15, 0.2) is 6.29 Å². The highest BCUT2D eigenvalue weighted by molar-refractivity contribution is 7.99. The minimum absolute atomic E-state index is 0.0726. The van der Waals surface area contributed by atoms with Crippen LogP contribution in [0, 0.1) is 0 Å². The molecule has 55 heavy (non-hydrogen) atoms. The number of nitrogens with zero attached hydrogens (tertiary/aromatic N) is 5. The Morgan fingerprint density at radius 2 is 1.49 bits per heavy atom. The number of pyridine rings is 1. The third kappa shape index (κ3) is 8.01. The van der Waals surface area contributed by atoms with Gasteiger partial charge in [0.2, 0.25) is 15.2 Å². The molecule has 1 unspecified atom stereocenters. The van der Waals surface area contributed by atoms with Crippen LogP contribution in [0.2, 0.25) is 0 Å². The van der Waals surface area contributed by atoms with Gasteiger partial charge in [0.25, 0.3) is 0 Å². The number of rotatable bonds is 12. The lowest BCUT2D eigenvalue weighted by Gasteiger charge is -2.43. The fourth-order valence-electron chi connectivity index (χ4n) is 6.67. The summed E-state index contributed by atoms with van der Waals surface area (Å²) >= 11 is 1.45. The number of hydrogen-bond donors (Lipinski definition) is 3. The van der Waals surface area contributed by atoms with Crippen LogP contribution in [-0.2, 0) is 32.6 Å². The van der Waals surface area contributed by atoms with Crippen LogP contribution in [0.25, 0.3) is 16.6 Å². The van der Waals surface area contributed by atoms with Crippen LogP contribution in [0.3, 0.4) is 0 Å². The SMILES string of the molecule is O=S(=O)(NCc1ccc(C2O[C@H](CSc3nnnn3-c3ccc(O)cc3)[C@@H](c3ccccc3)[C@H](c3ccc(CO)cc3)O2)cc1)c1cccc2cccnc12. The Labute approximate surface area is 321 Å². The van der Waals surface area contributed by atoms with Crippen molar-refractivity contribution < 1.29 is 28.1 Å². The molecule has 1 aliphatic rings. The van der Waals surface area contributed by atoms with Crippen molar-refractivity contribution in [2.75, 3.05) is 5.75 Å². The Bertz CT molecular complexity index is 2480. The number of aliphatic hydroxyl groups is 1. The van der Waals surface area contributed by atoms with Crippen molar-refractivity contribution >= 4 is 32.7 Å². The summed E-state index contributed by atoms with van der Waals surface area (Å²) in [5, 5.41) is 33.3. The molecule has 1 fully saturated rings. The number of aromatic hydroxyl groups is 1. The van der Waals surface area contributed by atoms with Crippen LogP contribution < -0.4 is 4.72 Å². The largest absolute Gasteiger partial charge is 0.508 e. The van der Waals surface area contributed by atoms with Gasteiger partial charge in [0.1, 0.15) is 10.6 Å². The second-order valence-corrected chi connectivity index (χ2v) is 15.7. The fraction of sp³-hybridized carbons (Fsp3) is 0.171. The summed E-state index contributed by atoms with van der Waals surface area (Å²) in [7, 11) is -3.85. The number of hydrogen-bond acceptors (Lipinski definition) is 11. The molecule has 7 aromatic rings. The normalized spacial score (nSPS) is 18.7. The molecule has 278 valence electrons.